The van der Waals surface area contributed by atoms with Crippen molar-refractivity contribution in [3.05, 3.63) is 36.4 Å². The van der Waals surface area contributed by atoms with Crippen LogP contribution in [0.25, 0.3) is 0 Å². The number of carbonyl (C=O) groups excluding carboxylic acids is 6. The summed E-state index contributed by atoms with van der Waals surface area (Å²) in [6.45, 7) is 24.7. The molecule has 2 aromatic heterocycles. The minimum atomic E-state index is -0.798. The molecule has 0 radical (unpaired) electrons. The van der Waals surface area contributed by atoms with Crippen LogP contribution >= 0.6 is 0 Å². The van der Waals surface area contributed by atoms with Gasteiger partial charge < -0.3 is 37.9 Å². The summed E-state index contributed by atoms with van der Waals surface area (Å²) in [5.41, 5.74) is -3.67. The maximum atomic E-state index is 13.7. The Morgan fingerprint density at radius 1 is 0.491 bits per heavy atom. The second-order valence-electron chi connectivity index (χ2n) is 18.8. The second-order valence-corrected chi connectivity index (χ2v) is 18.8. The molecule has 17 heteroatoms. The van der Waals surface area contributed by atoms with E-state index in [4.69, 9.17) is 18.9 Å². The van der Waals surface area contributed by atoms with Gasteiger partial charge in [0.1, 0.15) is 73.3 Å². The maximum Gasteiger partial charge on any atom is 0.326 e. The highest BCUT2D eigenvalue weighted by Gasteiger charge is 2.31. The van der Waals surface area contributed by atoms with Crippen molar-refractivity contribution in [2.45, 2.75) is 158 Å². The van der Waals surface area contributed by atoms with Gasteiger partial charge >= 0.3 is 23.9 Å². The Morgan fingerprint density at radius 2 is 0.754 bits per heavy atom. The number of ether oxygens (including phenoxy) is 4. The number of rotatable bonds is 16. The van der Waals surface area contributed by atoms with Gasteiger partial charge in [-0.15, -0.1) is 0 Å². The minimum absolute atomic E-state index is 0.229. The van der Waals surface area contributed by atoms with Crippen LogP contribution in [0.4, 0.5) is 0 Å². The molecule has 0 aromatic carbocycles. The molecular weight excluding hydrogens is 738 g/mol. The molecule has 0 aliphatic heterocycles. The Kier molecular flexibility index (Phi) is 16.2. The topological polar surface area (TPSA) is 185 Å². The average Bonchev–Trinajstić information content (AvgIpc) is 3.60. The van der Waals surface area contributed by atoms with Crippen molar-refractivity contribution >= 4 is 35.7 Å². The molecule has 2 amide bonds. The lowest BCUT2D eigenvalue weighted by Gasteiger charge is -2.35. The summed E-state index contributed by atoms with van der Waals surface area (Å²) >= 11 is 0. The first kappa shape index (κ1) is 48.3. The second kappa shape index (κ2) is 19.1. The molecule has 0 bridgehead atoms. The Morgan fingerprint density at radius 3 is 0.982 bits per heavy atom. The van der Waals surface area contributed by atoms with Gasteiger partial charge in [-0.2, -0.15) is 0 Å². The SMILES string of the molecule is CC(C)(C)OC(=O)CN(CC(=O)OC(C)(C)C)C(=O)Cn1ccnc1CN(Cc1nccn1CC(=O)N(CC(=O)OC(C)(C)C)CC(=O)OC(C)(C)C)C(C)(C)C. The number of amides is 2. The van der Waals surface area contributed by atoms with E-state index in [-0.39, 0.29) is 26.2 Å². The molecule has 0 unspecified atom stereocenters. The average molecular weight is 804 g/mol. The Hall–Kier alpha value is -4.80. The van der Waals surface area contributed by atoms with Crippen molar-refractivity contribution in [1.29, 1.82) is 0 Å². The highest BCUT2D eigenvalue weighted by Crippen LogP contribution is 2.21. The number of esters is 4. The van der Waals surface area contributed by atoms with Crippen LogP contribution in [0.15, 0.2) is 24.8 Å². The zero-order chi connectivity index (χ0) is 43.7. The number of hydrogen-bond donors (Lipinski definition) is 0. The predicted octanol–water partition coefficient (Wildman–Crippen LogP) is 3.90. The van der Waals surface area contributed by atoms with Crippen LogP contribution in [0.3, 0.4) is 0 Å². The van der Waals surface area contributed by atoms with Gasteiger partial charge in [-0.1, -0.05) is 0 Å². The highest BCUT2D eigenvalue weighted by atomic mass is 16.6. The number of hydrogen-bond acceptors (Lipinski definition) is 13. The smallest absolute Gasteiger partial charge is 0.326 e. The van der Waals surface area contributed by atoms with Gasteiger partial charge in [0.2, 0.25) is 11.8 Å². The van der Waals surface area contributed by atoms with Gasteiger partial charge in [0, 0.05) is 30.3 Å². The van der Waals surface area contributed by atoms with Gasteiger partial charge in [0.05, 0.1) is 13.1 Å². The van der Waals surface area contributed by atoms with Crippen molar-refractivity contribution in [3.8, 4) is 0 Å². The molecule has 17 nitrogen and oxygen atoms in total. The van der Waals surface area contributed by atoms with Gasteiger partial charge in [0.25, 0.3) is 0 Å². The van der Waals surface area contributed by atoms with Gasteiger partial charge in [-0.05, 0) is 104 Å². The number of carbonyl (C=O) groups is 6. The largest absolute Gasteiger partial charge is 0.459 e. The first-order valence-electron chi connectivity index (χ1n) is 19.0. The molecule has 57 heavy (non-hydrogen) atoms. The summed E-state index contributed by atoms with van der Waals surface area (Å²) in [4.78, 5) is 91.8. The van der Waals surface area contributed by atoms with Gasteiger partial charge in [0.15, 0.2) is 0 Å². The molecule has 0 saturated heterocycles. The molecule has 0 aliphatic carbocycles. The summed E-state index contributed by atoms with van der Waals surface area (Å²) in [6, 6.07) is 0. The molecule has 2 heterocycles. The zero-order valence-electron chi connectivity index (χ0n) is 36.7. The third-order valence-corrected chi connectivity index (χ3v) is 7.49. The maximum absolute atomic E-state index is 13.7. The van der Waals surface area contributed by atoms with Crippen LogP contribution in [0.1, 0.15) is 116 Å². The number of nitrogens with zero attached hydrogens (tertiary/aromatic N) is 7. The van der Waals surface area contributed by atoms with Gasteiger partial charge in [-0.3, -0.25) is 33.7 Å². The van der Waals surface area contributed by atoms with E-state index in [0.29, 0.717) is 11.6 Å². The monoisotopic (exact) mass is 803 g/mol. The lowest BCUT2D eigenvalue weighted by Crippen LogP contribution is -2.45. The molecule has 2 rings (SSSR count). The summed E-state index contributed by atoms with van der Waals surface area (Å²) in [5.74, 6) is -2.70. The third-order valence-electron chi connectivity index (χ3n) is 7.49. The Bertz CT molecular complexity index is 1530. The lowest BCUT2D eigenvalue weighted by molar-refractivity contribution is -0.165. The van der Waals surface area contributed by atoms with Crippen LogP contribution in [-0.4, -0.2) is 124 Å². The molecular formula is C40H65N7O10. The van der Waals surface area contributed by atoms with E-state index in [9.17, 15) is 28.8 Å². The molecule has 0 fully saturated rings. The quantitative estimate of drug-likeness (QED) is 0.176. The van der Waals surface area contributed by atoms with Crippen LogP contribution in [0.5, 0.6) is 0 Å². The predicted molar refractivity (Wildman–Crippen MR) is 210 cm³/mol. The van der Waals surface area contributed by atoms with E-state index in [1.807, 2.05) is 20.8 Å². The van der Waals surface area contributed by atoms with E-state index in [1.54, 1.807) is 117 Å². The molecule has 2 aromatic rings. The normalized spacial score (nSPS) is 12.6. The van der Waals surface area contributed by atoms with Crippen LogP contribution in [0.2, 0.25) is 0 Å². The lowest BCUT2D eigenvalue weighted by atomic mass is 10.1. The summed E-state index contributed by atoms with van der Waals surface area (Å²) in [5, 5.41) is 0. The Balaban J connectivity index is 2.32. The third kappa shape index (κ3) is 18.8. The van der Waals surface area contributed by atoms with Crippen molar-refractivity contribution in [1.82, 2.24) is 33.8 Å². The summed E-state index contributed by atoms with van der Waals surface area (Å²) in [7, 11) is 0. The van der Waals surface area contributed by atoms with E-state index in [1.165, 1.54) is 0 Å². The minimum Gasteiger partial charge on any atom is -0.459 e. The fourth-order valence-electron chi connectivity index (χ4n) is 5.22. The van der Waals surface area contributed by atoms with Crippen LogP contribution < -0.4 is 0 Å². The first-order chi connectivity index (χ1) is 25.8. The summed E-state index contributed by atoms with van der Waals surface area (Å²) in [6.07, 6.45) is 6.38. The fraction of sp³-hybridized carbons (Fsp3) is 0.700. The molecule has 0 N–H and O–H groups in total. The molecule has 0 atom stereocenters. The van der Waals surface area contributed by atoms with Crippen molar-refractivity contribution in [3.63, 3.8) is 0 Å². The fourth-order valence-corrected chi connectivity index (χ4v) is 5.22. The molecule has 320 valence electrons. The number of imidazole rings is 2. The highest BCUT2D eigenvalue weighted by molar-refractivity contribution is 5.87. The first-order valence-corrected chi connectivity index (χ1v) is 19.0. The zero-order valence-corrected chi connectivity index (χ0v) is 36.7. The molecule has 0 aliphatic rings. The number of aromatic nitrogens is 4. The summed E-state index contributed by atoms with van der Waals surface area (Å²) < 4.78 is 25.0. The van der Waals surface area contributed by atoms with E-state index in [2.05, 4.69) is 14.9 Å². The Labute approximate surface area is 337 Å². The molecule has 0 spiro atoms. The van der Waals surface area contributed by atoms with E-state index >= 15 is 0 Å². The van der Waals surface area contributed by atoms with E-state index < -0.39 is 89.8 Å². The van der Waals surface area contributed by atoms with Gasteiger partial charge in [-0.25, -0.2) is 9.97 Å². The van der Waals surface area contributed by atoms with Crippen molar-refractivity contribution in [2.75, 3.05) is 26.2 Å². The van der Waals surface area contributed by atoms with E-state index in [0.717, 1.165) is 9.80 Å². The standard InChI is InChI=1S/C40H65N7O10/c1-36(2,3)47(20-28-41-16-18-43(28)22-30(48)45(24-32(50)54-37(4,5)6)25-33(51)55-38(7,8)9)21-29-42-17-19-44(29)23-31(49)46(26-34(52)56-39(10,11)12)27-35(53)57-40(13,14)15/h16-19H,20-27H2,1-15H3. The van der Waals surface area contributed by atoms with Crippen molar-refractivity contribution < 1.29 is 47.7 Å². The van der Waals surface area contributed by atoms with Crippen molar-refractivity contribution in [2.24, 2.45) is 0 Å². The van der Waals surface area contributed by atoms with Crippen LogP contribution in [-0.2, 0) is 73.9 Å². The van der Waals surface area contributed by atoms with Crippen LogP contribution in [0, 0.1) is 0 Å². The molecule has 0 saturated carbocycles.